The van der Waals surface area contributed by atoms with Crippen LogP contribution < -0.4 is 10.6 Å². The van der Waals surface area contributed by atoms with Gasteiger partial charge in [0.15, 0.2) is 0 Å². The number of nitrogens with zero attached hydrogens (tertiary/aromatic N) is 2. The summed E-state index contributed by atoms with van der Waals surface area (Å²) < 4.78 is 22.8. The molecule has 1 aromatic rings. The van der Waals surface area contributed by atoms with Gasteiger partial charge >= 0.3 is 0 Å². The van der Waals surface area contributed by atoms with Gasteiger partial charge in [-0.05, 0) is 22.0 Å². The van der Waals surface area contributed by atoms with Gasteiger partial charge in [-0.1, -0.05) is 0 Å². The van der Waals surface area contributed by atoms with Crippen molar-refractivity contribution < 1.29 is 8.42 Å². The molecule has 1 aromatic heterocycles. The van der Waals surface area contributed by atoms with Gasteiger partial charge in [0.25, 0.3) is 0 Å². The predicted octanol–water partition coefficient (Wildman–Crippen LogP) is 0.907. The van der Waals surface area contributed by atoms with E-state index >= 15 is 0 Å². The van der Waals surface area contributed by atoms with Crippen LogP contribution in [0.4, 0.5) is 11.5 Å². The fraction of sp³-hybridized carbons (Fsp3) is 0.444. The zero-order valence-corrected chi connectivity index (χ0v) is 11.5. The van der Waals surface area contributed by atoms with Crippen LogP contribution in [0.25, 0.3) is 0 Å². The highest BCUT2D eigenvalue weighted by atomic mass is 79.9. The number of nitrogen functional groups attached to an aromatic ring is 1. The van der Waals surface area contributed by atoms with Crippen molar-refractivity contribution in [3.8, 4) is 0 Å². The highest BCUT2D eigenvalue weighted by Crippen LogP contribution is 2.24. The molecule has 5 nitrogen and oxygen atoms in total. The third-order valence-electron chi connectivity index (χ3n) is 2.00. The molecule has 0 amide bonds. The molecule has 16 heavy (non-hydrogen) atoms. The summed E-state index contributed by atoms with van der Waals surface area (Å²) in [5.41, 5.74) is 6.13. The molecule has 0 bridgehead atoms. The van der Waals surface area contributed by atoms with E-state index in [-0.39, 0.29) is 5.75 Å². The fourth-order valence-corrected chi connectivity index (χ4v) is 2.41. The average Bonchev–Trinajstić information content (AvgIpc) is 2.13. The van der Waals surface area contributed by atoms with Crippen LogP contribution in [0.3, 0.4) is 0 Å². The summed E-state index contributed by atoms with van der Waals surface area (Å²) in [5.74, 6) is 0.778. The minimum absolute atomic E-state index is 0.0992. The number of hydrogen-bond acceptors (Lipinski definition) is 5. The Hall–Kier alpha value is -0.820. The molecule has 90 valence electrons. The van der Waals surface area contributed by atoms with Crippen LogP contribution in [0.15, 0.2) is 16.7 Å². The van der Waals surface area contributed by atoms with Crippen molar-refractivity contribution >= 4 is 37.3 Å². The summed E-state index contributed by atoms with van der Waals surface area (Å²) in [6, 6.07) is 1.74. The monoisotopic (exact) mass is 307 g/mol. The summed E-state index contributed by atoms with van der Waals surface area (Å²) in [6.07, 6.45) is 2.75. The second kappa shape index (κ2) is 5.01. The number of halogens is 1. The molecule has 0 aliphatic carbocycles. The Kier molecular flexibility index (Phi) is 4.15. The second-order valence-corrected chi connectivity index (χ2v) is 6.74. The first-order valence-corrected chi connectivity index (χ1v) is 7.45. The summed E-state index contributed by atoms with van der Waals surface area (Å²) >= 11 is 3.33. The smallest absolute Gasteiger partial charge is 0.149 e. The fourth-order valence-electron chi connectivity index (χ4n) is 1.14. The Morgan fingerprint density at radius 3 is 2.69 bits per heavy atom. The molecular weight excluding hydrogens is 294 g/mol. The Balaban J connectivity index is 2.77. The molecule has 0 fully saturated rings. The van der Waals surface area contributed by atoms with Gasteiger partial charge in [0.1, 0.15) is 15.7 Å². The van der Waals surface area contributed by atoms with E-state index in [4.69, 9.17) is 5.73 Å². The number of hydrogen-bond donors (Lipinski definition) is 1. The zero-order chi connectivity index (χ0) is 12.3. The standard InChI is InChI=1S/C9H14BrN3O2S/c1-13(3-4-16(2,14)15)9-8(10)5-7(11)6-12-9/h5-6H,3-4,11H2,1-2H3. The van der Waals surface area contributed by atoms with Gasteiger partial charge < -0.3 is 10.6 Å². The molecule has 0 aromatic carbocycles. The van der Waals surface area contributed by atoms with E-state index < -0.39 is 9.84 Å². The van der Waals surface area contributed by atoms with Crippen molar-refractivity contribution in [1.82, 2.24) is 4.98 Å². The number of aromatic nitrogens is 1. The molecule has 0 aliphatic rings. The molecule has 0 saturated heterocycles. The van der Waals surface area contributed by atoms with Crippen molar-refractivity contribution in [2.75, 3.05) is 36.2 Å². The van der Waals surface area contributed by atoms with Crippen LogP contribution in [-0.2, 0) is 9.84 Å². The lowest BCUT2D eigenvalue weighted by atomic mass is 10.4. The topological polar surface area (TPSA) is 76.3 Å². The van der Waals surface area contributed by atoms with Crippen LogP contribution in [0, 0.1) is 0 Å². The van der Waals surface area contributed by atoms with E-state index in [0.717, 1.165) is 4.47 Å². The second-order valence-electron chi connectivity index (χ2n) is 3.63. The Bertz CT molecular complexity index is 476. The van der Waals surface area contributed by atoms with E-state index in [2.05, 4.69) is 20.9 Å². The van der Waals surface area contributed by atoms with Gasteiger partial charge in [-0.25, -0.2) is 13.4 Å². The molecule has 0 radical (unpaired) electrons. The van der Waals surface area contributed by atoms with Crippen molar-refractivity contribution in [2.24, 2.45) is 0 Å². The van der Waals surface area contributed by atoms with Crippen molar-refractivity contribution in [3.63, 3.8) is 0 Å². The van der Waals surface area contributed by atoms with E-state index in [9.17, 15) is 8.42 Å². The number of nitrogens with two attached hydrogens (primary N) is 1. The summed E-state index contributed by atoms with van der Waals surface area (Å²) in [6.45, 7) is 0.397. The van der Waals surface area contributed by atoms with Gasteiger partial charge in [-0.2, -0.15) is 0 Å². The third kappa shape index (κ3) is 3.97. The normalized spacial score (nSPS) is 11.4. The molecule has 7 heteroatoms. The van der Waals surface area contributed by atoms with Gasteiger partial charge in [-0.15, -0.1) is 0 Å². The molecule has 0 spiro atoms. The first-order chi connectivity index (χ1) is 7.29. The number of rotatable bonds is 4. The molecular formula is C9H14BrN3O2S. The quantitative estimate of drug-likeness (QED) is 0.894. The maximum atomic E-state index is 11.0. The highest BCUT2D eigenvalue weighted by Gasteiger charge is 2.10. The van der Waals surface area contributed by atoms with E-state index in [0.29, 0.717) is 18.1 Å². The summed E-state index contributed by atoms with van der Waals surface area (Å²) in [7, 11) is -1.17. The predicted molar refractivity (Wildman–Crippen MR) is 69.3 cm³/mol. The van der Waals surface area contributed by atoms with Crippen molar-refractivity contribution in [2.45, 2.75) is 0 Å². The average molecular weight is 308 g/mol. The van der Waals surface area contributed by atoms with Crippen molar-refractivity contribution in [1.29, 1.82) is 0 Å². The van der Waals surface area contributed by atoms with Crippen LogP contribution in [-0.4, -0.2) is 39.0 Å². The number of pyridine rings is 1. The van der Waals surface area contributed by atoms with E-state index in [1.165, 1.54) is 12.5 Å². The Morgan fingerprint density at radius 1 is 1.56 bits per heavy atom. The number of sulfone groups is 1. The lowest BCUT2D eigenvalue weighted by molar-refractivity contribution is 0.601. The summed E-state index contributed by atoms with van der Waals surface area (Å²) in [4.78, 5) is 5.91. The van der Waals surface area contributed by atoms with Gasteiger partial charge in [0.05, 0.1) is 22.1 Å². The van der Waals surface area contributed by atoms with Gasteiger partial charge in [-0.3, -0.25) is 0 Å². The van der Waals surface area contributed by atoms with Crippen LogP contribution >= 0.6 is 15.9 Å². The molecule has 1 rings (SSSR count). The summed E-state index contributed by atoms with van der Waals surface area (Å²) in [5, 5.41) is 0. The molecule has 0 atom stereocenters. The largest absolute Gasteiger partial charge is 0.397 e. The minimum Gasteiger partial charge on any atom is -0.397 e. The maximum Gasteiger partial charge on any atom is 0.149 e. The lowest BCUT2D eigenvalue weighted by Gasteiger charge is -2.18. The molecule has 0 saturated carbocycles. The van der Waals surface area contributed by atoms with E-state index in [1.807, 2.05) is 0 Å². The van der Waals surface area contributed by atoms with Crippen LogP contribution in [0.1, 0.15) is 0 Å². The highest BCUT2D eigenvalue weighted by molar-refractivity contribution is 9.10. The zero-order valence-electron chi connectivity index (χ0n) is 9.14. The van der Waals surface area contributed by atoms with Crippen LogP contribution in [0.2, 0.25) is 0 Å². The minimum atomic E-state index is -2.96. The molecule has 1 heterocycles. The molecule has 0 aliphatic heterocycles. The molecule has 2 N–H and O–H groups in total. The first kappa shape index (κ1) is 13.2. The maximum absolute atomic E-state index is 11.0. The molecule has 0 unspecified atom stereocenters. The first-order valence-electron chi connectivity index (χ1n) is 4.59. The van der Waals surface area contributed by atoms with Crippen LogP contribution in [0.5, 0.6) is 0 Å². The third-order valence-corrected chi connectivity index (χ3v) is 3.51. The van der Waals surface area contributed by atoms with Gasteiger partial charge in [0, 0.05) is 19.8 Å². The lowest BCUT2D eigenvalue weighted by Crippen LogP contribution is -2.26. The van der Waals surface area contributed by atoms with Gasteiger partial charge in [0.2, 0.25) is 0 Å². The Labute approximate surface area is 104 Å². The Morgan fingerprint density at radius 2 is 2.19 bits per heavy atom. The van der Waals surface area contributed by atoms with Crippen molar-refractivity contribution in [3.05, 3.63) is 16.7 Å². The SMILES string of the molecule is CN(CCS(C)(=O)=O)c1ncc(N)cc1Br. The van der Waals surface area contributed by atoms with E-state index in [1.54, 1.807) is 18.0 Å². The number of anilines is 2.